The van der Waals surface area contributed by atoms with Crippen LogP contribution in [0.5, 0.6) is 0 Å². The van der Waals surface area contributed by atoms with Gasteiger partial charge in [0.2, 0.25) is 0 Å². The Bertz CT molecular complexity index is 882. The summed E-state index contributed by atoms with van der Waals surface area (Å²) in [6.45, 7) is 8.58. The SMILES string of the molecule is CC1C(=O)N(c2ccccc2)C(=S)N1c1ccc(N2CCOC(C)(C)C2)cc1. The van der Waals surface area contributed by atoms with E-state index in [0.29, 0.717) is 5.11 Å². The maximum atomic E-state index is 12.9. The summed E-state index contributed by atoms with van der Waals surface area (Å²) < 4.78 is 5.81. The van der Waals surface area contributed by atoms with E-state index in [9.17, 15) is 4.79 Å². The molecule has 2 aliphatic heterocycles. The highest BCUT2D eigenvalue weighted by molar-refractivity contribution is 7.81. The number of para-hydroxylation sites is 1. The molecule has 1 unspecified atom stereocenters. The first-order chi connectivity index (χ1) is 13.4. The first-order valence-corrected chi connectivity index (χ1v) is 9.99. The van der Waals surface area contributed by atoms with Crippen LogP contribution in [0, 0.1) is 0 Å². The van der Waals surface area contributed by atoms with Crippen LogP contribution in [-0.4, -0.2) is 42.4 Å². The Morgan fingerprint density at radius 1 is 1.00 bits per heavy atom. The van der Waals surface area contributed by atoms with E-state index in [1.807, 2.05) is 54.3 Å². The van der Waals surface area contributed by atoms with Crippen molar-refractivity contribution in [3.63, 3.8) is 0 Å². The van der Waals surface area contributed by atoms with Gasteiger partial charge in [-0.25, -0.2) is 0 Å². The van der Waals surface area contributed by atoms with Gasteiger partial charge in [0.25, 0.3) is 5.91 Å². The van der Waals surface area contributed by atoms with Crippen molar-refractivity contribution in [3.8, 4) is 0 Å². The Kier molecular flexibility index (Phi) is 4.85. The van der Waals surface area contributed by atoms with Gasteiger partial charge in [-0.1, -0.05) is 18.2 Å². The number of rotatable bonds is 3. The van der Waals surface area contributed by atoms with Crippen molar-refractivity contribution in [1.29, 1.82) is 0 Å². The number of anilines is 3. The molecule has 0 bridgehead atoms. The van der Waals surface area contributed by atoms with E-state index in [-0.39, 0.29) is 17.6 Å². The molecule has 6 heteroatoms. The van der Waals surface area contributed by atoms with Crippen LogP contribution < -0.4 is 14.7 Å². The normalized spacial score (nSPS) is 22.1. The molecular weight excluding hydrogens is 370 g/mol. The number of hydrogen-bond donors (Lipinski definition) is 0. The number of amides is 1. The number of carbonyl (C=O) groups is 1. The van der Waals surface area contributed by atoms with E-state index in [0.717, 1.165) is 36.8 Å². The fourth-order valence-corrected chi connectivity index (χ4v) is 4.33. The van der Waals surface area contributed by atoms with Gasteiger partial charge in [0.1, 0.15) is 6.04 Å². The van der Waals surface area contributed by atoms with Gasteiger partial charge in [-0.05, 0) is 69.4 Å². The quantitative estimate of drug-likeness (QED) is 0.738. The second kappa shape index (κ2) is 7.18. The number of hydrogen-bond acceptors (Lipinski definition) is 4. The number of benzene rings is 2. The maximum Gasteiger partial charge on any atom is 0.256 e. The molecule has 5 nitrogen and oxygen atoms in total. The second-order valence-corrected chi connectivity index (χ2v) is 8.25. The average Bonchev–Trinajstić information content (AvgIpc) is 2.90. The van der Waals surface area contributed by atoms with Crippen LogP contribution in [0.4, 0.5) is 17.1 Å². The predicted octanol–water partition coefficient (Wildman–Crippen LogP) is 3.83. The minimum absolute atomic E-state index is 0.00444. The lowest BCUT2D eigenvalue weighted by Gasteiger charge is -2.39. The van der Waals surface area contributed by atoms with Gasteiger partial charge in [0, 0.05) is 24.5 Å². The number of ether oxygens (including phenoxy) is 1. The minimum Gasteiger partial charge on any atom is -0.372 e. The third-order valence-corrected chi connectivity index (χ3v) is 5.67. The zero-order valence-corrected chi connectivity index (χ0v) is 17.3. The van der Waals surface area contributed by atoms with Crippen LogP contribution in [0.3, 0.4) is 0 Å². The van der Waals surface area contributed by atoms with Gasteiger partial charge in [-0.3, -0.25) is 9.69 Å². The Morgan fingerprint density at radius 2 is 1.64 bits per heavy atom. The fraction of sp³-hybridized carbons (Fsp3) is 0.364. The largest absolute Gasteiger partial charge is 0.372 e. The number of morpholine rings is 1. The van der Waals surface area contributed by atoms with Gasteiger partial charge in [0.15, 0.2) is 5.11 Å². The van der Waals surface area contributed by atoms with Gasteiger partial charge in [0.05, 0.1) is 17.9 Å². The molecule has 0 N–H and O–H groups in total. The summed E-state index contributed by atoms with van der Waals surface area (Å²) in [5.74, 6) is -0.00444. The maximum absolute atomic E-state index is 12.9. The molecule has 0 aromatic heterocycles. The van der Waals surface area contributed by atoms with Crippen molar-refractivity contribution in [2.75, 3.05) is 34.4 Å². The molecule has 28 heavy (non-hydrogen) atoms. The molecule has 2 aliphatic rings. The lowest BCUT2D eigenvalue weighted by atomic mass is 10.1. The van der Waals surface area contributed by atoms with Crippen LogP contribution in [0.2, 0.25) is 0 Å². The van der Waals surface area contributed by atoms with Crippen LogP contribution in [0.15, 0.2) is 54.6 Å². The van der Waals surface area contributed by atoms with Crippen molar-refractivity contribution in [3.05, 3.63) is 54.6 Å². The van der Waals surface area contributed by atoms with Crippen LogP contribution in [0.25, 0.3) is 0 Å². The smallest absolute Gasteiger partial charge is 0.256 e. The summed E-state index contributed by atoms with van der Waals surface area (Å²) in [7, 11) is 0. The Labute approximate surface area is 171 Å². The van der Waals surface area contributed by atoms with Crippen molar-refractivity contribution in [2.45, 2.75) is 32.4 Å². The highest BCUT2D eigenvalue weighted by Gasteiger charge is 2.41. The summed E-state index contributed by atoms with van der Waals surface area (Å²) >= 11 is 5.67. The summed E-state index contributed by atoms with van der Waals surface area (Å²) in [5.41, 5.74) is 2.74. The number of thiocarbonyl (C=S) groups is 1. The van der Waals surface area contributed by atoms with Crippen molar-refractivity contribution in [1.82, 2.24) is 0 Å². The standard InChI is InChI=1S/C22H25N3O2S/c1-16-20(26)25(18-7-5-4-6-8-18)21(28)24(16)19-11-9-17(10-12-19)23-13-14-27-22(2,3)15-23/h4-12,16H,13-15H2,1-3H3. The molecule has 0 radical (unpaired) electrons. The first kappa shape index (κ1) is 18.9. The summed E-state index contributed by atoms with van der Waals surface area (Å²) in [6.07, 6.45) is 0. The molecule has 0 saturated carbocycles. The Balaban J connectivity index is 1.57. The lowest BCUT2D eigenvalue weighted by Crippen LogP contribution is -2.48. The van der Waals surface area contributed by atoms with Crippen LogP contribution >= 0.6 is 12.2 Å². The monoisotopic (exact) mass is 395 g/mol. The lowest BCUT2D eigenvalue weighted by molar-refractivity contribution is -0.117. The van der Waals surface area contributed by atoms with Gasteiger partial charge >= 0.3 is 0 Å². The van der Waals surface area contributed by atoms with E-state index >= 15 is 0 Å². The average molecular weight is 396 g/mol. The van der Waals surface area contributed by atoms with Crippen molar-refractivity contribution >= 4 is 40.3 Å². The highest BCUT2D eigenvalue weighted by atomic mass is 32.1. The van der Waals surface area contributed by atoms with Crippen molar-refractivity contribution < 1.29 is 9.53 Å². The van der Waals surface area contributed by atoms with Crippen LogP contribution in [0.1, 0.15) is 20.8 Å². The zero-order chi connectivity index (χ0) is 19.9. The van der Waals surface area contributed by atoms with E-state index in [2.05, 4.69) is 30.9 Å². The van der Waals surface area contributed by atoms with Crippen molar-refractivity contribution in [2.24, 2.45) is 0 Å². The zero-order valence-electron chi connectivity index (χ0n) is 16.5. The number of nitrogens with zero attached hydrogens (tertiary/aromatic N) is 3. The molecular formula is C22H25N3O2S. The molecule has 2 fully saturated rings. The molecule has 4 rings (SSSR count). The molecule has 2 aromatic carbocycles. The summed E-state index contributed by atoms with van der Waals surface area (Å²) in [4.78, 5) is 18.7. The third kappa shape index (κ3) is 3.38. The molecule has 2 aromatic rings. The van der Waals surface area contributed by atoms with E-state index in [1.54, 1.807) is 4.90 Å². The van der Waals surface area contributed by atoms with E-state index in [4.69, 9.17) is 17.0 Å². The first-order valence-electron chi connectivity index (χ1n) is 9.58. The van der Waals surface area contributed by atoms with E-state index < -0.39 is 0 Å². The molecule has 146 valence electrons. The summed E-state index contributed by atoms with van der Waals surface area (Å²) in [5, 5.41) is 0.518. The minimum atomic E-state index is -0.333. The molecule has 0 spiro atoms. The fourth-order valence-electron chi connectivity index (χ4n) is 3.87. The topological polar surface area (TPSA) is 36.0 Å². The Morgan fingerprint density at radius 3 is 2.29 bits per heavy atom. The highest BCUT2D eigenvalue weighted by Crippen LogP contribution is 2.32. The molecule has 2 saturated heterocycles. The van der Waals surface area contributed by atoms with E-state index in [1.165, 1.54) is 0 Å². The molecule has 2 heterocycles. The Hall–Kier alpha value is -2.44. The molecule has 1 amide bonds. The third-order valence-electron chi connectivity index (χ3n) is 5.30. The van der Waals surface area contributed by atoms with Gasteiger partial charge in [-0.15, -0.1) is 0 Å². The van der Waals surface area contributed by atoms with Gasteiger partial charge in [-0.2, -0.15) is 0 Å². The summed E-state index contributed by atoms with van der Waals surface area (Å²) in [6, 6.07) is 17.5. The molecule has 1 atom stereocenters. The van der Waals surface area contributed by atoms with Crippen LogP contribution in [-0.2, 0) is 9.53 Å². The van der Waals surface area contributed by atoms with Gasteiger partial charge < -0.3 is 14.5 Å². The predicted molar refractivity (Wildman–Crippen MR) is 117 cm³/mol. The second-order valence-electron chi connectivity index (χ2n) is 7.88. The number of carbonyl (C=O) groups excluding carboxylic acids is 1. The molecule has 0 aliphatic carbocycles.